The SMILES string of the molecule is CSc1ccc(CC(=O)c2ccc(C)cc2)cc1. The molecule has 0 heterocycles. The van der Waals surface area contributed by atoms with Gasteiger partial charge in [-0.1, -0.05) is 42.0 Å². The minimum Gasteiger partial charge on any atom is -0.294 e. The monoisotopic (exact) mass is 256 g/mol. The van der Waals surface area contributed by atoms with E-state index in [1.807, 2.05) is 49.6 Å². The Labute approximate surface area is 112 Å². The third-order valence-electron chi connectivity index (χ3n) is 2.90. The molecule has 0 fully saturated rings. The van der Waals surface area contributed by atoms with Gasteiger partial charge in [0.15, 0.2) is 5.78 Å². The lowest BCUT2D eigenvalue weighted by Crippen LogP contribution is -2.03. The number of carbonyl (C=O) groups is 1. The first kappa shape index (κ1) is 12.9. The summed E-state index contributed by atoms with van der Waals surface area (Å²) in [7, 11) is 0. The highest BCUT2D eigenvalue weighted by atomic mass is 32.2. The van der Waals surface area contributed by atoms with Gasteiger partial charge in [0.1, 0.15) is 0 Å². The fourth-order valence-electron chi connectivity index (χ4n) is 1.77. The van der Waals surface area contributed by atoms with Crippen LogP contribution in [0.1, 0.15) is 21.5 Å². The third kappa shape index (κ3) is 3.23. The Morgan fingerprint density at radius 2 is 1.61 bits per heavy atom. The maximum absolute atomic E-state index is 12.1. The molecule has 2 aromatic rings. The first-order valence-electron chi connectivity index (χ1n) is 5.92. The van der Waals surface area contributed by atoms with Crippen molar-refractivity contribution in [1.82, 2.24) is 0 Å². The van der Waals surface area contributed by atoms with Crippen molar-refractivity contribution >= 4 is 17.5 Å². The highest BCUT2D eigenvalue weighted by Gasteiger charge is 2.06. The molecule has 0 saturated carbocycles. The van der Waals surface area contributed by atoms with Gasteiger partial charge in [0.2, 0.25) is 0 Å². The second-order valence-electron chi connectivity index (χ2n) is 4.31. The van der Waals surface area contributed by atoms with E-state index in [-0.39, 0.29) is 5.78 Å². The van der Waals surface area contributed by atoms with Gasteiger partial charge in [-0.15, -0.1) is 11.8 Å². The molecule has 2 aromatic carbocycles. The molecule has 0 aromatic heterocycles. The minimum absolute atomic E-state index is 0.173. The molecule has 0 aliphatic carbocycles. The Morgan fingerprint density at radius 1 is 1.00 bits per heavy atom. The fraction of sp³-hybridized carbons (Fsp3) is 0.188. The van der Waals surface area contributed by atoms with Crippen LogP contribution in [0.5, 0.6) is 0 Å². The first-order chi connectivity index (χ1) is 8.69. The van der Waals surface area contributed by atoms with Crippen molar-refractivity contribution in [2.75, 3.05) is 6.26 Å². The van der Waals surface area contributed by atoms with Crippen molar-refractivity contribution in [1.29, 1.82) is 0 Å². The van der Waals surface area contributed by atoms with Crippen LogP contribution in [0.3, 0.4) is 0 Å². The number of benzene rings is 2. The van der Waals surface area contributed by atoms with Crippen LogP contribution in [0, 0.1) is 6.92 Å². The number of Topliss-reactive ketones (excluding diaryl/α,β-unsaturated/α-hetero) is 1. The van der Waals surface area contributed by atoms with E-state index in [9.17, 15) is 4.79 Å². The molecule has 0 spiro atoms. The average Bonchev–Trinajstić information content (AvgIpc) is 2.40. The van der Waals surface area contributed by atoms with Crippen molar-refractivity contribution in [2.24, 2.45) is 0 Å². The standard InChI is InChI=1S/C16H16OS/c1-12-3-7-14(8-4-12)16(17)11-13-5-9-15(18-2)10-6-13/h3-10H,11H2,1-2H3. The normalized spacial score (nSPS) is 10.3. The minimum atomic E-state index is 0.173. The van der Waals surface area contributed by atoms with Gasteiger partial charge in [-0.25, -0.2) is 0 Å². The van der Waals surface area contributed by atoms with Crippen molar-refractivity contribution < 1.29 is 4.79 Å². The molecule has 0 radical (unpaired) electrons. The predicted molar refractivity (Wildman–Crippen MR) is 77.4 cm³/mol. The molecule has 2 heteroatoms. The smallest absolute Gasteiger partial charge is 0.167 e. The van der Waals surface area contributed by atoms with E-state index in [0.29, 0.717) is 6.42 Å². The molecule has 0 N–H and O–H groups in total. The van der Waals surface area contributed by atoms with Gasteiger partial charge < -0.3 is 0 Å². The van der Waals surface area contributed by atoms with Crippen molar-refractivity contribution in [3.8, 4) is 0 Å². The van der Waals surface area contributed by atoms with Crippen molar-refractivity contribution in [3.63, 3.8) is 0 Å². The molecule has 0 atom stereocenters. The zero-order valence-corrected chi connectivity index (χ0v) is 11.5. The largest absolute Gasteiger partial charge is 0.294 e. The molecule has 0 unspecified atom stereocenters. The van der Waals surface area contributed by atoms with Crippen molar-refractivity contribution in [2.45, 2.75) is 18.2 Å². The molecule has 0 bridgehead atoms. The highest BCUT2D eigenvalue weighted by molar-refractivity contribution is 7.98. The summed E-state index contributed by atoms with van der Waals surface area (Å²) in [5.74, 6) is 0.173. The number of hydrogen-bond donors (Lipinski definition) is 0. The molecule has 0 saturated heterocycles. The van der Waals surface area contributed by atoms with Crippen LogP contribution in [-0.4, -0.2) is 12.0 Å². The van der Waals surface area contributed by atoms with Gasteiger partial charge in [-0.2, -0.15) is 0 Å². The summed E-state index contributed by atoms with van der Waals surface area (Å²) in [5.41, 5.74) is 3.03. The van der Waals surface area contributed by atoms with E-state index in [2.05, 4.69) is 12.1 Å². The summed E-state index contributed by atoms with van der Waals surface area (Å²) in [6, 6.07) is 15.9. The number of hydrogen-bond acceptors (Lipinski definition) is 2. The molecule has 0 aliphatic rings. The maximum atomic E-state index is 12.1. The lowest BCUT2D eigenvalue weighted by atomic mass is 10.0. The number of rotatable bonds is 4. The molecule has 18 heavy (non-hydrogen) atoms. The van der Waals surface area contributed by atoms with Crippen LogP contribution in [-0.2, 0) is 6.42 Å². The molecule has 2 rings (SSSR count). The topological polar surface area (TPSA) is 17.1 Å². The molecule has 92 valence electrons. The van der Waals surface area contributed by atoms with Crippen LogP contribution in [0.2, 0.25) is 0 Å². The summed E-state index contributed by atoms with van der Waals surface area (Å²) in [6.07, 6.45) is 2.52. The quantitative estimate of drug-likeness (QED) is 0.604. The van der Waals surface area contributed by atoms with E-state index >= 15 is 0 Å². The fourth-order valence-corrected chi connectivity index (χ4v) is 2.18. The maximum Gasteiger partial charge on any atom is 0.167 e. The summed E-state index contributed by atoms with van der Waals surface area (Å²) >= 11 is 1.71. The first-order valence-corrected chi connectivity index (χ1v) is 7.14. The van der Waals surface area contributed by atoms with Gasteiger partial charge in [0.25, 0.3) is 0 Å². The Hall–Kier alpha value is -1.54. The van der Waals surface area contributed by atoms with Gasteiger partial charge in [0, 0.05) is 16.9 Å². The van der Waals surface area contributed by atoms with Crippen LogP contribution in [0.15, 0.2) is 53.4 Å². The molecular formula is C16H16OS. The van der Waals surface area contributed by atoms with Gasteiger partial charge in [0.05, 0.1) is 0 Å². The van der Waals surface area contributed by atoms with E-state index in [1.165, 1.54) is 10.5 Å². The van der Waals surface area contributed by atoms with E-state index < -0.39 is 0 Å². The summed E-state index contributed by atoms with van der Waals surface area (Å²) in [5, 5.41) is 0. The number of ketones is 1. The Kier molecular flexibility index (Phi) is 4.21. The molecule has 1 nitrogen and oxygen atoms in total. The zero-order chi connectivity index (χ0) is 13.0. The summed E-state index contributed by atoms with van der Waals surface area (Å²) in [4.78, 5) is 13.3. The van der Waals surface area contributed by atoms with E-state index in [4.69, 9.17) is 0 Å². The van der Waals surface area contributed by atoms with Crippen LogP contribution < -0.4 is 0 Å². The predicted octanol–water partition coefficient (Wildman–Crippen LogP) is 4.14. The number of carbonyl (C=O) groups excluding carboxylic acids is 1. The molecule has 0 amide bonds. The van der Waals surface area contributed by atoms with Gasteiger partial charge in [-0.3, -0.25) is 4.79 Å². The van der Waals surface area contributed by atoms with E-state index in [0.717, 1.165) is 11.1 Å². The Morgan fingerprint density at radius 3 is 2.17 bits per heavy atom. The number of thioether (sulfide) groups is 1. The van der Waals surface area contributed by atoms with Crippen LogP contribution in [0.4, 0.5) is 0 Å². The lowest BCUT2D eigenvalue weighted by Gasteiger charge is -2.03. The summed E-state index contributed by atoms with van der Waals surface area (Å²) < 4.78 is 0. The van der Waals surface area contributed by atoms with Crippen LogP contribution in [0.25, 0.3) is 0 Å². The highest BCUT2D eigenvalue weighted by Crippen LogP contribution is 2.16. The second-order valence-corrected chi connectivity index (χ2v) is 5.19. The second kappa shape index (κ2) is 5.87. The number of aryl methyl sites for hydroxylation is 1. The lowest BCUT2D eigenvalue weighted by molar-refractivity contribution is 0.0993. The average molecular weight is 256 g/mol. The summed E-state index contributed by atoms with van der Waals surface area (Å²) in [6.45, 7) is 2.02. The zero-order valence-electron chi connectivity index (χ0n) is 10.6. The third-order valence-corrected chi connectivity index (χ3v) is 3.64. The molecular weight excluding hydrogens is 240 g/mol. The Balaban J connectivity index is 2.08. The van der Waals surface area contributed by atoms with E-state index in [1.54, 1.807) is 11.8 Å². The van der Waals surface area contributed by atoms with Gasteiger partial charge in [-0.05, 0) is 30.9 Å². The van der Waals surface area contributed by atoms with Crippen LogP contribution >= 0.6 is 11.8 Å². The van der Waals surface area contributed by atoms with Gasteiger partial charge >= 0.3 is 0 Å². The molecule has 0 aliphatic heterocycles. The van der Waals surface area contributed by atoms with Crippen molar-refractivity contribution in [3.05, 3.63) is 65.2 Å². The Bertz CT molecular complexity index is 526.